The Kier molecular flexibility index (Phi) is 4.99. The average molecular weight is 314 g/mol. The molecule has 0 aliphatic heterocycles. The summed E-state index contributed by atoms with van der Waals surface area (Å²) in [5, 5.41) is 0. The second kappa shape index (κ2) is 6.53. The monoisotopic (exact) mass is 313 g/mol. The summed E-state index contributed by atoms with van der Waals surface area (Å²) in [7, 11) is 1.91. The summed E-state index contributed by atoms with van der Waals surface area (Å²) >= 11 is 13.0. The van der Waals surface area contributed by atoms with Crippen LogP contribution in [0.1, 0.15) is 15.9 Å². The van der Waals surface area contributed by atoms with Crippen molar-refractivity contribution in [2.45, 2.75) is 6.54 Å². The van der Waals surface area contributed by atoms with Gasteiger partial charge in [0.05, 0.1) is 16.4 Å². The fourth-order valence-electron chi connectivity index (χ4n) is 1.81. The fourth-order valence-corrected chi connectivity index (χ4v) is 3.31. The van der Waals surface area contributed by atoms with E-state index in [1.54, 1.807) is 6.07 Å². The molecule has 0 radical (unpaired) electrons. The molecule has 19 heavy (non-hydrogen) atoms. The van der Waals surface area contributed by atoms with Crippen molar-refractivity contribution in [3.8, 4) is 0 Å². The van der Waals surface area contributed by atoms with E-state index in [1.807, 2.05) is 42.3 Å². The van der Waals surface area contributed by atoms with Gasteiger partial charge in [-0.1, -0.05) is 53.5 Å². The predicted octanol–water partition coefficient (Wildman–Crippen LogP) is 4.37. The maximum Gasteiger partial charge on any atom is 0.179 e. The lowest BCUT2D eigenvalue weighted by molar-refractivity contribution is 0.0943. The number of likely N-dealkylation sites (N-methyl/N-ethyl adjacent to an activating group) is 1. The first kappa shape index (κ1) is 14.5. The van der Waals surface area contributed by atoms with Crippen molar-refractivity contribution in [1.29, 1.82) is 0 Å². The first-order valence-electron chi connectivity index (χ1n) is 5.77. The smallest absolute Gasteiger partial charge is 0.179 e. The first-order valence-corrected chi connectivity index (χ1v) is 7.34. The van der Waals surface area contributed by atoms with Crippen LogP contribution in [0.3, 0.4) is 0 Å². The molecule has 0 fully saturated rings. The van der Waals surface area contributed by atoms with Gasteiger partial charge < -0.3 is 0 Å². The van der Waals surface area contributed by atoms with Crippen molar-refractivity contribution in [3.05, 3.63) is 56.2 Å². The van der Waals surface area contributed by atoms with Crippen molar-refractivity contribution in [1.82, 2.24) is 4.90 Å². The quantitative estimate of drug-likeness (QED) is 0.764. The van der Waals surface area contributed by atoms with Gasteiger partial charge in [-0.3, -0.25) is 9.69 Å². The number of hydrogen-bond donors (Lipinski definition) is 0. The topological polar surface area (TPSA) is 20.3 Å². The molecule has 0 bridgehead atoms. The number of carbonyl (C=O) groups excluding carboxylic acids is 1. The minimum atomic E-state index is -0.00780. The highest BCUT2D eigenvalue weighted by atomic mass is 35.5. The predicted molar refractivity (Wildman–Crippen MR) is 81.4 cm³/mol. The van der Waals surface area contributed by atoms with Crippen LogP contribution in [0, 0.1) is 0 Å². The Bertz CT molecular complexity index is 568. The van der Waals surface area contributed by atoms with Gasteiger partial charge in [0.15, 0.2) is 5.78 Å². The number of ketones is 1. The van der Waals surface area contributed by atoms with Gasteiger partial charge in [-0.25, -0.2) is 0 Å². The van der Waals surface area contributed by atoms with E-state index < -0.39 is 0 Å². The van der Waals surface area contributed by atoms with Crippen LogP contribution in [0.2, 0.25) is 8.67 Å². The molecule has 0 amide bonds. The van der Waals surface area contributed by atoms with Gasteiger partial charge in [-0.15, -0.1) is 11.3 Å². The van der Waals surface area contributed by atoms with E-state index in [4.69, 9.17) is 23.2 Å². The van der Waals surface area contributed by atoms with Gasteiger partial charge in [-0.05, 0) is 18.7 Å². The van der Waals surface area contributed by atoms with Crippen molar-refractivity contribution >= 4 is 40.3 Å². The molecule has 2 rings (SSSR count). The number of nitrogens with zero attached hydrogens (tertiary/aromatic N) is 1. The molecule has 1 aromatic heterocycles. The van der Waals surface area contributed by atoms with Gasteiger partial charge in [0.2, 0.25) is 0 Å². The number of halogens is 2. The Morgan fingerprint density at radius 3 is 2.53 bits per heavy atom. The zero-order valence-electron chi connectivity index (χ0n) is 10.4. The molecule has 0 unspecified atom stereocenters. The highest BCUT2D eigenvalue weighted by Crippen LogP contribution is 2.31. The SMILES string of the molecule is CN(CC(=O)c1cc(Cl)sc1Cl)Cc1ccccc1. The van der Waals surface area contributed by atoms with Crippen LogP contribution in [0.25, 0.3) is 0 Å². The molecule has 100 valence electrons. The van der Waals surface area contributed by atoms with E-state index in [0.717, 1.165) is 6.54 Å². The Hall–Kier alpha value is -0.870. The maximum absolute atomic E-state index is 12.1. The molecule has 5 heteroatoms. The Morgan fingerprint density at radius 1 is 1.26 bits per heavy atom. The number of hydrogen-bond acceptors (Lipinski definition) is 3. The van der Waals surface area contributed by atoms with Crippen molar-refractivity contribution in [2.24, 2.45) is 0 Å². The van der Waals surface area contributed by atoms with Gasteiger partial charge in [0, 0.05) is 6.54 Å². The second-order valence-electron chi connectivity index (χ2n) is 4.32. The molecule has 0 aliphatic rings. The third-order valence-electron chi connectivity index (χ3n) is 2.67. The molecular weight excluding hydrogens is 301 g/mol. The summed E-state index contributed by atoms with van der Waals surface area (Å²) in [6.07, 6.45) is 0. The van der Waals surface area contributed by atoms with Crippen molar-refractivity contribution < 1.29 is 4.79 Å². The number of Topliss-reactive ketones (excluding diaryl/α,β-unsaturated/α-hetero) is 1. The summed E-state index contributed by atoms with van der Waals surface area (Å²) in [6, 6.07) is 11.7. The zero-order valence-corrected chi connectivity index (χ0v) is 12.7. The standard InChI is InChI=1S/C14H13Cl2NOS/c1-17(8-10-5-3-2-4-6-10)9-12(18)11-7-13(15)19-14(11)16/h2-7H,8-9H2,1H3. The van der Waals surface area contributed by atoms with Crippen LogP contribution < -0.4 is 0 Å². The van der Waals surface area contributed by atoms with Crippen LogP contribution in [-0.4, -0.2) is 24.3 Å². The summed E-state index contributed by atoms with van der Waals surface area (Å²) in [4.78, 5) is 14.1. The molecule has 2 aromatic rings. The lowest BCUT2D eigenvalue weighted by Gasteiger charge is -2.15. The normalized spacial score (nSPS) is 10.9. The van der Waals surface area contributed by atoms with Crippen molar-refractivity contribution in [2.75, 3.05) is 13.6 Å². The molecule has 0 aliphatic carbocycles. The fraction of sp³-hybridized carbons (Fsp3) is 0.214. The Balaban J connectivity index is 1.97. The highest BCUT2D eigenvalue weighted by molar-refractivity contribution is 7.20. The van der Waals surface area contributed by atoms with Crippen LogP contribution in [0.5, 0.6) is 0 Å². The first-order chi connectivity index (χ1) is 9.06. The van der Waals surface area contributed by atoms with E-state index in [-0.39, 0.29) is 5.78 Å². The number of thiophene rings is 1. The maximum atomic E-state index is 12.1. The number of carbonyl (C=O) groups is 1. The summed E-state index contributed by atoms with van der Waals surface area (Å²) in [5.41, 5.74) is 1.68. The van der Waals surface area contributed by atoms with E-state index in [9.17, 15) is 4.79 Å². The average Bonchev–Trinajstić information content (AvgIpc) is 2.69. The minimum absolute atomic E-state index is 0.00780. The summed E-state index contributed by atoms with van der Waals surface area (Å²) in [5.74, 6) is -0.00780. The minimum Gasteiger partial charge on any atom is -0.295 e. The third kappa shape index (κ3) is 4.05. The molecule has 1 aromatic carbocycles. The third-order valence-corrected chi connectivity index (χ3v) is 4.15. The van der Waals surface area contributed by atoms with E-state index in [2.05, 4.69) is 0 Å². The van der Waals surface area contributed by atoms with Gasteiger partial charge >= 0.3 is 0 Å². The van der Waals surface area contributed by atoms with E-state index in [1.165, 1.54) is 16.9 Å². The molecule has 2 nitrogen and oxygen atoms in total. The zero-order chi connectivity index (χ0) is 13.8. The molecule has 0 atom stereocenters. The number of rotatable bonds is 5. The molecular formula is C14H13Cl2NOS. The summed E-state index contributed by atoms with van der Waals surface area (Å²) < 4.78 is 1.00. The Morgan fingerprint density at radius 2 is 1.95 bits per heavy atom. The van der Waals surface area contributed by atoms with Crippen LogP contribution in [0.4, 0.5) is 0 Å². The molecule has 0 saturated carbocycles. The molecule has 0 saturated heterocycles. The summed E-state index contributed by atoms with van der Waals surface area (Å²) in [6.45, 7) is 1.05. The van der Waals surface area contributed by atoms with Crippen LogP contribution in [-0.2, 0) is 6.54 Å². The van der Waals surface area contributed by atoms with E-state index in [0.29, 0.717) is 20.8 Å². The Labute approximate surface area is 126 Å². The molecule has 0 spiro atoms. The second-order valence-corrected chi connectivity index (χ2v) is 6.60. The lowest BCUT2D eigenvalue weighted by atomic mass is 10.2. The van der Waals surface area contributed by atoms with Gasteiger partial charge in [0.25, 0.3) is 0 Å². The largest absolute Gasteiger partial charge is 0.295 e. The van der Waals surface area contributed by atoms with Gasteiger partial charge in [-0.2, -0.15) is 0 Å². The lowest BCUT2D eigenvalue weighted by Crippen LogP contribution is -2.25. The van der Waals surface area contributed by atoms with Crippen LogP contribution >= 0.6 is 34.5 Å². The van der Waals surface area contributed by atoms with Gasteiger partial charge in [0.1, 0.15) is 4.34 Å². The highest BCUT2D eigenvalue weighted by Gasteiger charge is 2.16. The van der Waals surface area contributed by atoms with Crippen LogP contribution in [0.15, 0.2) is 36.4 Å². The van der Waals surface area contributed by atoms with E-state index >= 15 is 0 Å². The number of benzene rings is 1. The molecule has 1 heterocycles. The molecule has 0 N–H and O–H groups in total. The van der Waals surface area contributed by atoms with Crippen molar-refractivity contribution in [3.63, 3.8) is 0 Å².